The first kappa shape index (κ1) is 22.7. The highest BCUT2D eigenvalue weighted by molar-refractivity contribution is 5.84. The summed E-state index contributed by atoms with van der Waals surface area (Å²) in [5.74, 6) is -2.93. The lowest BCUT2D eigenvalue weighted by Crippen LogP contribution is -2.49. The molecule has 1 fully saturated rings. The minimum absolute atomic E-state index is 0.0282. The number of rotatable bonds is 6. The maximum Gasteiger partial charge on any atom is 0.329 e. The fourth-order valence-electron chi connectivity index (χ4n) is 5.42. The smallest absolute Gasteiger partial charge is 0.329 e. The summed E-state index contributed by atoms with van der Waals surface area (Å²) in [5, 5.41) is -0.598. The van der Waals surface area contributed by atoms with Gasteiger partial charge in [0.15, 0.2) is 11.6 Å². The Bertz CT molecular complexity index is 1520. The van der Waals surface area contributed by atoms with Crippen molar-refractivity contribution in [2.24, 2.45) is 5.92 Å². The van der Waals surface area contributed by atoms with E-state index in [1.807, 2.05) is 6.07 Å². The molecule has 0 radical (unpaired) electrons. The third-order valence-corrected chi connectivity index (χ3v) is 7.01. The summed E-state index contributed by atoms with van der Waals surface area (Å²) >= 11 is 0. The Morgan fingerprint density at radius 3 is 2.49 bits per heavy atom. The number of hydrogen-bond acceptors (Lipinski definition) is 3. The summed E-state index contributed by atoms with van der Waals surface area (Å²) in [4.78, 5) is 44.5. The summed E-state index contributed by atoms with van der Waals surface area (Å²) < 4.78 is 29.3. The minimum Gasteiger partial charge on any atom is -0.333 e. The van der Waals surface area contributed by atoms with E-state index in [4.69, 9.17) is 0 Å². The van der Waals surface area contributed by atoms with E-state index in [2.05, 4.69) is 18.1 Å². The number of nitrogens with one attached hydrogen (secondary N) is 1. The van der Waals surface area contributed by atoms with Crippen molar-refractivity contribution in [3.05, 3.63) is 117 Å². The van der Waals surface area contributed by atoms with Gasteiger partial charge in [-0.2, -0.15) is 0 Å². The molecule has 2 aliphatic rings. The van der Waals surface area contributed by atoms with E-state index in [9.17, 15) is 23.2 Å². The first-order valence-corrected chi connectivity index (χ1v) is 11.3. The van der Waals surface area contributed by atoms with Crippen LogP contribution in [0.25, 0.3) is 10.9 Å². The van der Waals surface area contributed by atoms with Crippen molar-refractivity contribution in [3.8, 4) is 0 Å². The number of carbonyl (C=O) groups excluding carboxylic acids is 1. The van der Waals surface area contributed by atoms with E-state index in [1.165, 1.54) is 0 Å². The van der Waals surface area contributed by atoms with Crippen LogP contribution < -0.4 is 11.2 Å². The number of likely N-dealkylation sites (tertiary alicyclic amines) is 1. The van der Waals surface area contributed by atoms with Crippen LogP contribution in [-0.2, 0) is 11.2 Å². The second-order valence-electron chi connectivity index (χ2n) is 8.85. The summed E-state index contributed by atoms with van der Waals surface area (Å²) in [6.07, 6.45) is 4.22. The fourth-order valence-corrected chi connectivity index (χ4v) is 5.42. The van der Waals surface area contributed by atoms with Crippen molar-refractivity contribution < 1.29 is 13.6 Å². The molecule has 5 rings (SSSR count). The highest BCUT2D eigenvalue weighted by Crippen LogP contribution is 2.44. The maximum absolute atomic E-state index is 14.6. The van der Waals surface area contributed by atoms with Crippen LogP contribution in [0.4, 0.5) is 8.78 Å². The van der Waals surface area contributed by atoms with Crippen LogP contribution in [0.5, 0.6) is 0 Å². The van der Waals surface area contributed by atoms with E-state index in [-0.39, 0.29) is 23.9 Å². The Kier molecular flexibility index (Phi) is 5.59. The highest BCUT2D eigenvalue weighted by Gasteiger charge is 2.46. The molecule has 2 unspecified atom stereocenters. The Labute approximate surface area is 199 Å². The molecule has 178 valence electrons. The number of benzene rings is 2. The maximum atomic E-state index is 14.6. The first-order valence-electron chi connectivity index (χ1n) is 11.3. The molecule has 3 aromatic rings. The number of nitrogens with zero attached hydrogens (tertiary/aromatic N) is 2. The second kappa shape index (κ2) is 8.61. The molecule has 0 spiro atoms. The van der Waals surface area contributed by atoms with Gasteiger partial charge >= 0.3 is 5.69 Å². The third-order valence-electron chi connectivity index (χ3n) is 7.01. The Morgan fingerprint density at radius 2 is 1.80 bits per heavy atom. The lowest BCUT2D eigenvalue weighted by molar-refractivity contribution is -0.135. The van der Waals surface area contributed by atoms with Crippen LogP contribution in [-0.4, -0.2) is 32.9 Å². The van der Waals surface area contributed by atoms with Gasteiger partial charge in [-0.05, 0) is 35.3 Å². The molecule has 1 saturated heterocycles. The number of carbonyl (C=O) groups is 1. The van der Waals surface area contributed by atoms with Gasteiger partial charge in [0.05, 0.1) is 11.6 Å². The Hall–Kier alpha value is -4.07. The topological polar surface area (TPSA) is 75.2 Å². The monoisotopic (exact) mass is 475 g/mol. The van der Waals surface area contributed by atoms with Gasteiger partial charge in [0.2, 0.25) is 5.91 Å². The largest absolute Gasteiger partial charge is 0.333 e. The average molecular weight is 475 g/mol. The van der Waals surface area contributed by atoms with Crippen molar-refractivity contribution >= 4 is 16.8 Å². The van der Waals surface area contributed by atoms with Gasteiger partial charge < -0.3 is 9.88 Å². The summed E-state index contributed by atoms with van der Waals surface area (Å²) in [6, 6.07) is 9.41. The number of aromatic amines is 1. The van der Waals surface area contributed by atoms with E-state index < -0.39 is 40.2 Å². The molecule has 2 bridgehead atoms. The Morgan fingerprint density at radius 1 is 1.09 bits per heavy atom. The molecule has 1 amide bonds. The molecule has 6 nitrogen and oxygen atoms in total. The molecule has 8 heteroatoms. The normalized spacial score (nSPS) is 19.9. The molecular weight excluding hydrogens is 452 g/mol. The van der Waals surface area contributed by atoms with Gasteiger partial charge in [0.25, 0.3) is 5.56 Å². The molecule has 2 aromatic carbocycles. The molecule has 1 N–H and O–H groups in total. The van der Waals surface area contributed by atoms with E-state index in [0.29, 0.717) is 18.5 Å². The molecule has 0 saturated carbocycles. The number of halogens is 2. The predicted molar refractivity (Wildman–Crippen MR) is 129 cm³/mol. The second-order valence-corrected chi connectivity index (χ2v) is 8.85. The van der Waals surface area contributed by atoms with Gasteiger partial charge in [-0.25, -0.2) is 18.1 Å². The molecule has 3 atom stereocenters. The van der Waals surface area contributed by atoms with Gasteiger partial charge in [-0.1, -0.05) is 55.6 Å². The van der Waals surface area contributed by atoms with Gasteiger partial charge in [-0.3, -0.25) is 9.59 Å². The van der Waals surface area contributed by atoms with Crippen LogP contribution in [0.15, 0.2) is 88.5 Å². The standard InChI is InChI=1S/C27H23F2N3O3/c1-3-17-16-13-21(18(17)4-2)31(14-16)25(33)22(12-15-8-6-5-7-9-15)32-26(34)23-20(30-27(32)35)11-10-19(28)24(23)29/h3-11,16,21-22H,1-2,12-14H2,(H,30,35)/t16?,21?,22-/m1/s1. The van der Waals surface area contributed by atoms with Crippen molar-refractivity contribution in [2.75, 3.05) is 6.54 Å². The third kappa shape index (κ3) is 3.56. The predicted octanol–water partition coefficient (Wildman–Crippen LogP) is 3.65. The van der Waals surface area contributed by atoms with Crippen LogP contribution >= 0.6 is 0 Å². The zero-order valence-electron chi connectivity index (χ0n) is 18.8. The Balaban J connectivity index is 1.66. The number of allylic oxidation sites excluding steroid dienone is 1. The van der Waals surface area contributed by atoms with Crippen molar-refractivity contribution in [2.45, 2.75) is 24.9 Å². The van der Waals surface area contributed by atoms with E-state index >= 15 is 0 Å². The van der Waals surface area contributed by atoms with Crippen LogP contribution in [0.2, 0.25) is 0 Å². The average Bonchev–Trinajstić information content (AvgIpc) is 3.44. The molecule has 1 aliphatic heterocycles. The molecule has 2 heterocycles. The van der Waals surface area contributed by atoms with Crippen molar-refractivity contribution in [1.29, 1.82) is 0 Å². The highest BCUT2D eigenvalue weighted by atomic mass is 19.2. The minimum atomic E-state index is -1.36. The summed E-state index contributed by atoms with van der Waals surface area (Å²) in [5.41, 5.74) is 0.619. The first-order chi connectivity index (χ1) is 16.8. The zero-order chi connectivity index (χ0) is 24.9. The number of hydrogen-bond donors (Lipinski definition) is 1. The van der Waals surface area contributed by atoms with Crippen LogP contribution in [0.1, 0.15) is 18.0 Å². The quantitative estimate of drug-likeness (QED) is 0.592. The number of aromatic nitrogens is 2. The van der Waals surface area contributed by atoms with Gasteiger partial charge in [-0.15, -0.1) is 0 Å². The molecule has 35 heavy (non-hydrogen) atoms. The molecular formula is C27H23F2N3O3. The molecule has 1 aromatic heterocycles. The zero-order valence-corrected chi connectivity index (χ0v) is 18.8. The number of amides is 1. The molecule has 1 aliphatic carbocycles. The van der Waals surface area contributed by atoms with Crippen LogP contribution in [0, 0.1) is 17.6 Å². The van der Waals surface area contributed by atoms with Crippen molar-refractivity contribution in [3.63, 3.8) is 0 Å². The summed E-state index contributed by atoms with van der Waals surface area (Å²) in [6.45, 7) is 8.16. The van der Waals surface area contributed by atoms with Crippen molar-refractivity contribution in [1.82, 2.24) is 14.5 Å². The number of fused-ring (bicyclic) bond motifs is 3. The van der Waals surface area contributed by atoms with Gasteiger partial charge in [0, 0.05) is 18.9 Å². The van der Waals surface area contributed by atoms with Crippen LogP contribution in [0.3, 0.4) is 0 Å². The van der Waals surface area contributed by atoms with E-state index in [1.54, 1.807) is 41.3 Å². The lowest BCUT2D eigenvalue weighted by Gasteiger charge is -2.32. The van der Waals surface area contributed by atoms with E-state index in [0.717, 1.165) is 27.8 Å². The summed E-state index contributed by atoms with van der Waals surface area (Å²) in [7, 11) is 0. The van der Waals surface area contributed by atoms with Gasteiger partial charge in [0.1, 0.15) is 11.4 Å². The fraction of sp³-hybridized carbons (Fsp3) is 0.222. The number of H-pyrrole nitrogens is 1. The SMILES string of the molecule is C=CC1=C(C=C)C2CC1CN2C(=O)[C@@H](Cc1ccccc1)n1c(=O)[nH]c2ccc(F)c(F)c2c1=O. The lowest BCUT2D eigenvalue weighted by atomic mass is 9.97.